The van der Waals surface area contributed by atoms with Crippen LogP contribution in [0.15, 0.2) is 12.4 Å². The third kappa shape index (κ3) is 1.07. The molecule has 3 nitrogen and oxygen atoms in total. The van der Waals surface area contributed by atoms with Crippen molar-refractivity contribution in [2.24, 2.45) is 14.1 Å². The van der Waals surface area contributed by atoms with E-state index in [1.807, 2.05) is 35.6 Å². The molecular weight excluding hydrogens is 128 g/mol. The minimum atomic E-state index is 0.486. The van der Waals surface area contributed by atoms with Gasteiger partial charge in [-0.2, -0.15) is 0 Å². The van der Waals surface area contributed by atoms with Crippen LogP contribution in [0, 0.1) is 0 Å². The molecule has 54 valence electrons. The number of hydrogen-bond donors (Lipinski definition) is 0. The Balaban J connectivity index is 2.97. The van der Waals surface area contributed by atoms with Gasteiger partial charge in [0.05, 0.1) is 14.1 Å². The lowest BCUT2D eigenvalue weighted by Crippen LogP contribution is -2.31. The summed E-state index contributed by atoms with van der Waals surface area (Å²) in [7, 11) is 3.86. The van der Waals surface area contributed by atoms with Gasteiger partial charge in [0.1, 0.15) is 25.1 Å². The molecule has 0 spiro atoms. The zero-order valence-electron chi connectivity index (χ0n) is 6.24. The zero-order valence-corrected chi connectivity index (χ0v) is 6.24. The van der Waals surface area contributed by atoms with Gasteiger partial charge in [-0.1, -0.05) is 0 Å². The van der Waals surface area contributed by atoms with E-state index in [0.29, 0.717) is 6.42 Å². The number of carbonyl (C=O) groups excluding carboxylic acids is 1. The summed E-state index contributed by atoms with van der Waals surface area (Å²) in [5, 5.41) is 0. The van der Waals surface area contributed by atoms with Crippen LogP contribution in [-0.4, -0.2) is 10.9 Å². The van der Waals surface area contributed by atoms with Crippen molar-refractivity contribution in [3.8, 4) is 0 Å². The molecule has 0 amide bonds. The standard InChI is InChI=1S/C7H11N2O/c1-8-4-5-9(2)7(8)3-6-10/h4-6H,3H2,1-2H3/q+1. The first-order valence-corrected chi connectivity index (χ1v) is 3.19. The molecule has 0 fully saturated rings. The van der Waals surface area contributed by atoms with Crippen LogP contribution in [0.5, 0.6) is 0 Å². The van der Waals surface area contributed by atoms with Crippen molar-refractivity contribution in [3.63, 3.8) is 0 Å². The Bertz CT molecular complexity index is 220. The van der Waals surface area contributed by atoms with E-state index in [1.54, 1.807) is 0 Å². The summed E-state index contributed by atoms with van der Waals surface area (Å²) in [6.45, 7) is 0. The minimum Gasteiger partial charge on any atom is -0.303 e. The average molecular weight is 139 g/mol. The normalized spacial score (nSPS) is 9.80. The SMILES string of the molecule is Cn1cc[n+](C)c1CC=O. The predicted octanol–water partition coefficient (Wildman–Crippen LogP) is -0.409. The van der Waals surface area contributed by atoms with E-state index in [0.717, 1.165) is 12.1 Å². The number of aryl methyl sites for hydroxylation is 2. The van der Waals surface area contributed by atoms with E-state index < -0.39 is 0 Å². The molecule has 0 aliphatic heterocycles. The van der Waals surface area contributed by atoms with Crippen LogP contribution in [0.3, 0.4) is 0 Å². The molecule has 0 unspecified atom stereocenters. The minimum absolute atomic E-state index is 0.486. The molecule has 0 radical (unpaired) electrons. The van der Waals surface area contributed by atoms with Crippen LogP contribution in [0.2, 0.25) is 0 Å². The van der Waals surface area contributed by atoms with Gasteiger partial charge in [-0.15, -0.1) is 0 Å². The fourth-order valence-electron chi connectivity index (χ4n) is 0.983. The van der Waals surface area contributed by atoms with Crippen molar-refractivity contribution in [1.82, 2.24) is 4.57 Å². The largest absolute Gasteiger partial charge is 0.303 e. The lowest BCUT2D eigenvalue weighted by atomic mass is 10.4. The molecule has 1 aromatic rings. The Morgan fingerprint density at radius 1 is 1.80 bits per heavy atom. The molecule has 0 aliphatic carbocycles. The third-order valence-corrected chi connectivity index (χ3v) is 1.59. The number of nitrogens with zero attached hydrogens (tertiary/aromatic N) is 2. The Morgan fingerprint density at radius 3 is 2.90 bits per heavy atom. The summed E-state index contributed by atoms with van der Waals surface area (Å²) >= 11 is 0. The number of hydrogen-bond acceptors (Lipinski definition) is 1. The number of rotatable bonds is 2. The van der Waals surface area contributed by atoms with Gasteiger partial charge in [0.15, 0.2) is 0 Å². The molecule has 0 aliphatic rings. The predicted molar refractivity (Wildman–Crippen MR) is 36.4 cm³/mol. The topological polar surface area (TPSA) is 25.9 Å². The van der Waals surface area contributed by atoms with Crippen LogP contribution >= 0.6 is 0 Å². The van der Waals surface area contributed by atoms with Gasteiger partial charge >= 0.3 is 0 Å². The molecule has 1 heterocycles. The lowest BCUT2D eigenvalue weighted by Gasteiger charge is -1.89. The fraction of sp³-hybridized carbons (Fsp3) is 0.429. The maximum absolute atomic E-state index is 10.2. The highest BCUT2D eigenvalue weighted by Gasteiger charge is 2.08. The number of carbonyl (C=O) groups is 1. The van der Waals surface area contributed by atoms with Crippen LogP contribution in [-0.2, 0) is 25.3 Å². The maximum atomic E-state index is 10.2. The fourth-order valence-corrected chi connectivity index (χ4v) is 0.983. The summed E-state index contributed by atoms with van der Waals surface area (Å²) in [5.74, 6) is 1.02. The van der Waals surface area contributed by atoms with Crippen LogP contribution in [0.25, 0.3) is 0 Å². The second kappa shape index (κ2) is 2.64. The summed E-state index contributed by atoms with van der Waals surface area (Å²) < 4.78 is 3.88. The monoisotopic (exact) mass is 139 g/mol. The third-order valence-electron chi connectivity index (χ3n) is 1.59. The molecule has 0 saturated carbocycles. The molecule has 0 N–H and O–H groups in total. The van der Waals surface area contributed by atoms with Crippen molar-refractivity contribution in [2.75, 3.05) is 0 Å². The van der Waals surface area contributed by atoms with E-state index in [2.05, 4.69) is 0 Å². The van der Waals surface area contributed by atoms with Crippen LogP contribution < -0.4 is 4.57 Å². The quantitative estimate of drug-likeness (QED) is 0.404. The van der Waals surface area contributed by atoms with Gasteiger partial charge in [0, 0.05) is 0 Å². The Morgan fingerprint density at radius 2 is 2.50 bits per heavy atom. The summed E-state index contributed by atoms with van der Waals surface area (Å²) in [6, 6.07) is 0. The van der Waals surface area contributed by atoms with Gasteiger partial charge in [0.2, 0.25) is 0 Å². The van der Waals surface area contributed by atoms with Crippen molar-refractivity contribution in [1.29, 1.82) is 0 Å². The first kappa shape index (κ1) is 6.99. The number of aldehydes is 1. The highest BCUT2D eigenvalue weighted by Crippen LogP contribution is 1.89. The first-order valence-electron chi connectivity index (χ1n) is 3.19. The van der Waals surface area contributed by atoms with Gasteiger partial charge < -0.3 is 4.79 Å². The lowest BCUT2D eigenvalue weighted by molar-refractivity contribution is -0.678. The molecule has 1 aromatic heterocycles. The smallest absolute Gasteiger partial charge is 0.263 e. The van der Waals surface area contributed by atoms with Gasteiger partial charge in [-0.25, -0.2) is 9.13 Å². The maximum Gasteiger partial charge on any atom is 0.263 e. The molecule has 0 bridgehead atoms. The second-order valence-corrected chi connectivity index (χ2v) is 2.31. The van der Waals surface area contributed by atoms with E-state index in [-0.39, 0.29) is 0 Å². The Hall–Kier alpha value is -1.12. The van der Waals surface area contributed by atoms with E-state index in [9.17, 15) is 4.79 Å². The van der Waals surface area contributed by atoms with E-state index in [1.165, 1.54) is 0 Å². The van der Waals surface area contributed by atoms with E-state index >= 15 is 0 Å². The summed E-state index contributed by atoms with van der Waals surface area (Å²) in [4.78, 5) is 10.2. The Labute approximate surface area is 59.9 Å². The number of aromatic nitrogens is 2. The number of imidazole rings is 1. The molecule has 0 aromatic carbocycles. The first-order chi connectivity index (χ1) is 4.75. The van der Waals surface area contributed by atoms with Gasteiger partial charge in [-0.05, 0) is 0 Å². The molecule has 3 heteroatoms. The van der Waals surface area contributed by atoms with Crippen molar-refractivity contribution in [3.05, 3.63) is 18.2 Å². The molecule has 1 rings (SSSR count). The molecule has 0 atom stereocenters. The highest BCUT2D eigenvalue weighted by molar-refractivity contribution is 5.52. The molecular formula is C7H11N2O+. The van der Waals surface area contributed by atoms with Crippen molar-refractivity contribution >= 4 is 6.29 Å². The molecule has 10 heavy (non-hydrogen) atoms. The average Bonchev–Trinajstić information content (AvgIpc) is 2.20. The molecule has 0 saturated heterocycles. The van der Waals surface area contributed by atoms with Gasteiger partial charge in [0.25, 0.3) is 5.82 Å². The highest BCUT2D eigenvalue weighted by atomic mass is 16.1. The second-order valence-electron chi connectivity index (χ2n) is 2.31. The van der Waals surface area contributed by atoms with Gasteiger partial charge in [-0.3, -0.25) is 0 Å². The Kier molecular flexibility index (Phi) is 1.85. The van der Waals surface area contributed by atoms with Crippen molar-refractivity contribution in [2.45, 2.75) is 6.42 Å². The van der Waals surface area contributed by atoms with Crippen LogP contribution in [0.4, 0.5) is 0 Å². The summed E-state index contributed by atoms with van der Waals surface area (Å²) in [6.07, 6.45) is 5.26. The zero-order chi connectivity index (χ0) is 7.56. The van der Waals surface area contributed by atoms with Crippen LogP contribution in [0.1, 0.15) is 5.82 Å². The van der Waals surface area contributed by atoms with E-state index in [4.69, 9.17) is 0 Å². The van der Waals surface area contributed by atoms with Crippen molar-refractivity contribution < 1.29 is 9.36 Å². The summed E-state index contributed by atoms with van der Waals surface area (Å²) in [5.41, 5.74) is 0.